The summed E-state index contributed by atoms with van der Waals surface area (Å²) in [7, 11) is 0. The van der Waals surface area contributed by atoms with E-state index in [0.717, 1.165) is 4.90 Å². The normalized spacial score (nSPS) is 9.96. The molecule has 0 fully saturated rings. The van der Waals surface area contributed by atoms with Crippen molar-refractivity contribution in [2.75, 3.05) is 18.2 Å². The zero-order chi connectivity index (χ0) is 16.7. The fourth-order valence-electron chi connectivity index (χ4n) is 1.82. The van der Waals surface area contributed by atoms with Crippen molar-refractivity contribution < 1.29 is 23.5 Å². The molecule has 0 unspecified atom stereocenters. The van der Waals surface area contributed by atoms with Crippen LogP contribution in [-0.4, -0.2) is 25.7 Å². The van der Waals surface area contributed by atoms with Crippen molar-refractivity contribution in [1.82, 2.24) is 0 Å². The number of amides is 2. The van der Waals surface area contributed by atoms with Gasteiger partial charge in [-0.1, -0.05) is 12.1 Å². The molecule has 7 heteroatoms. The average Bonchev–Trinajstić information content (AvgIpc) is 2.55. The third-order valence-electron chi connectivity index (χ3n) is 2.91. The monoisotopic (exact) mass is 318 g/mol. The quantitative estimate of drug-likeness (QED) is 0.627. The first-order valence-corrected chi connectivity index (χ1v) is 6.72. The van der Waals surface area contributed by atoms with E-state index < -0.39 is 11.8 Å². The van der Waals surface area contributed by atoms with E-state index in [0.29, 0.717) is 17.8 Å². The first-order chi connectivity index (χ1) is 11.1. The van der Waals surface area contributed by atoms with Gasteiger partial charge in [-0.15, -0.1) is 0 Å². The Hall–Kier alpha value is -3.09. The first kappa shape index (κ1) is 16.3. The number of carbonyl (C=O) groups is 2. The Morgan fingerprint density at radius 3 is 2.26 bits per heavy atom. The zero-order valence-electron chi connectivity index (χ0n) is 12.1. The number of carbonyl (C=O) groups excluding carboxylic acids is 2. The number of benzene rings is 2. The van der Waals surface area contributed by atoms with Gasteiger partial charge in [0.25, 0.3) is 0 Å². The molecule has 0 heterocycles. The lowest BCUT2D eigenvalue weighted by Gasteiger charge is -2.21. The maximum absolute atomic E-state index is 13.7. The van der Waals surface area contributed by atoms with Gasteiger partial charge in [0.15, 0.2) is 13.0 Å². The molecule has 2 amide bonds. The lowest BCUT2D eigenvalue weighted by molar-refractivity contribution is -0.109. The maximum atomic E-state index is 13.7. The largest absolute Gasteiger partial charge is 0.486 e. The molecule has 0 aromatic heterocycles. The van der Waals surface area contributed by atoms with Crippen molar-refractivity contribution in [3.63, 3.8) is 0 Å². The lowest BCUT2D eigenvalue weighted by Crippen LogP contribution is -2.39. The lowest BCUT2D eigenvalue weighted by atomic mass is 10.3. The number of para-hydroxylation sites is 1. The molecule has 0 bridgehead atoms. The van der Waals surface area contributed by atoms with E-state index in [1.807, 2.05) is 0 Å². The Morgan fingerprint density at radius 1 is 1.09 bits per heavy atom. The van der Waals surface area contributed by atoms with Gasteiger partial charge < -0.3 is 15.2 Å². The number of urea groups is 1. The van der Waals surface area contributed by atoms with E-state index in [1.165, 1.54) is 18.2 Å². The molecular weight excluding hydrogens is 303 g/mol. The van der Waals surface area contributed by atoms with Crippen LogP contribution in [0.3, 0.4) is 0 Å². The van der Waals surface area contributed by atoms with Gasteiger partial charge in [-0.05, 0) is 36.4 Å². The minimum atomic E-state index is -0.832. The number of nitrogens with zero attached hydrogens (tertiary/aromatic N) is 1. The Morgan fingerprint density at radius 2 is 1.70 bits per heavy atom. The molecule has 2 aromatic rings. The molecule has 120 valence electrons. The summed E-state index contributed by atoms with van der Waals surface area (Å²) in [6.07, 6.45) is 0.642. The Bertz CT molecular complexity index is 676. The number of primary amides is 1. The van der Waals surface area contributed by atoms with E-state index in [-0.39, 0.29) is 19.0 Å². The highest BCUT2D eigenvalue weighted by atomic mass is 19.1. The average molecular weight is 318 g/mol. The number of aldehydes is 1. The SMILES string of the molecule is NC(=O)N(COc1ccc(OCC=O)cc1)c1ccccc1F. The smallest absolute Gasteiger partial charge is 0.322 e. The van der Waals surface area contributed by atoms with Gasteiger partial charge in [-0.2, -0.15) is 0 Å². The van der Waals surface area contributed by atoms with E-state index in [9.17, 15) is 14.0 Å². The molecule has 6 nitrogen and oxygen atoms in total. The Kier molecular flexibility index (Phi) is 5.51. The topological polar surface area (TPSA) is 81.9 Å². The summed E-state index contributed by atoms with van der Waals surface area (Å²) < 4.78 is 24.3. The predicted octanol–water partition coefficient (Wildman–Crippen LogP) is 2.33. The molecule has 0 radical (unpaired) electrons. The molecule has 2 N–H and O–H groups in total. The van der Waals surface area contributed by atoms with Gasteiger partial charge in [0.2, 0.25) is 0 Å². The van der Waals surface area contributed by atoms with Crippen molar-refractivity contribution in [3.8, 4) is 11.5 Å². The summed E-state index contributed by atoms with van der Waals surface area (Å²) in [5, 5.41) is 0. The number of halogens is 1. The number of hydrogen-bond donors (Lipinski definition) is 1. The van der Waals surface area contributed by atoms with Crippen molar-refractivity contribution in [1.29, 1.82) is 0 Å². The summed E-state index contributed by atoms with van der Waals surface area (Å²) in [5.74, 6) is 0.365. The summed E-state index contributed by atoms with van der Waals surface area (Å²) in [4.78, 5) is 22.7. The zero-order valence-corrected chi connectivity index (χ0v) is 12.1. The highest BCUT2D eigenvalue weighted by molar-refractivity contribution is 5.90. The van der Waals surface area contributed by atoms with Crippen molar-refractivity contribution in [2.45, 2.75) is 0 Å². The maximum Gasteiger partial charge on any atom is 0.322 e. The van der Waals surface area contributed by atoms with Crippen molar-refractivity contribution >= 4 is 18.0 Å². The molecule has 0 aliphatic carbocycles. The van der Waals surface area contributed by atoms with Gasteiger partial charge in [-0.25, -0.2) is 9.18 Å². The fraction of sp³-hybridized carbons (Fsp3) is 0.125. The third kappa shape index (κ3) is 4.44. The third-order valence-corrected chi connectivity index (χ3v) is 2.91. The van der Waals surface area contributed by atoms with Crippen molar-refractivity contribution in [2.24, 2.45) is 5.73 Å². The van der Waals surface area contributed by atoms with Crippen LogP contribution in [0.4, 0.5) is 14.9 Å². The van der Waals surface area contributed by atoms with Gasteiger partial charge in [0.05, 0.1) is 5.69 Å². The molecule has 23 heavy (non-hydrogen) atoms. The highest BCUT2D eigenvalue weighted by Gasteiger charge is 2.16. The van der Waals surface area contributed by atoms with Crippen LogP contribution in [0.1, 0.15) is 0 Å². The van der Waals surface area contributed by atoms with Crippen LogP contribution in [0, 0.1) is 5.82 Å². The van der Waals surface area contributed by atoms with Crippen LogP contribution >= 0.6 is 0 Å². The number of anilines is 1. The standard InChI is InChI=1S/C16H15FN2O4/c17-14-3-1-2-4-15(14)19(16(18)21)11-23-13-7-5-12(6-8-13)22-10-9-20/h1-9H,10-11H2,(H2,18,21). The predicted molar refractivity (Wildman–Crippen MR) is 82.0 cm³/mol. The number of rotatable bonds is 7. The highest BCUT2D eigenvalue weighted by Crippen LogP contribution is 2.21. The first-order valence-electron chi connectivity index (χ1n) is 6.72. The molecule has 0 aliphatic heterocycles. The number of hydrogen-bond acceptors (Lipinski definition) is 4. The van der Waals surface area contributed by atoms with E-state index in [4.69, 9.17) is 15.2 Å². The molecule has 0 saturated heterocycles. The van der Waals surface area contributed by atoms with Crippen molar-refractivity contribution in [3.05, 3.63) is 54.3 Å². The van der Waals surface area contributed by atoms with Crippen LogP contribution in [0.15, 0.2) is 48.5 Å². The molecule has 0 spiro atoms. The van der Waals surface area contributed by atoms with Gasteiger partial charge in [-0.3, -0.25) is 9.69 Å². The Labute approximate surface area is 132 Å². The van der Waals surface area contributed by atoms with Gasteiger partial charge in [0.1, 0.15) is 23.9 Å². The molecule has 0 aliphatic rings. The Balaban J connectivity index is 2.03. The van der Waals surface area contributed by atoms with E-state index in [1.54, 1.807) is 30.3 Å². The van der Waals surface area contributed by atoms with Gasteiger partial charge >= 0.3 is 6.03 Å². The molecule has 0 saturated carbocycles. The molecule has 2 aromatic carbocycles. The second-order valence-corrected chi connectivity index (χ2v) is 4.44. The molecule has 0 atom stereocenters. The molecular formula is C16H15FN2O4. The summed E-state index contributed by atoms with van der Waals surface area (Å²) in [5.41, 5.74) is 5.30. The van der Waals surface area contributed by atoms with E-state index in [2.05, 4.69) is 0 Å². The number of nitrogens with two attached hydrogens (primary N) is 1. The summed E-state index contributed by atoms with van der Waals surface area (Å²) in [6, 6.07) is 11.3. The van der Waals surface area contributed by atoms with Crippen LogP contribution in [0.25, 0.3) is 0 Å². The van der Waals surface area contributed by atoms with Crippen LogP contribution in [-0.2, 0) is 4.79 Å². The molecule has 2 rings (SSSR count). The number of ether oxygens (including phenoxy) is 2. The summed E-state index contributed by atoms with van der Waals surface area (Å²) >= 11 is 0. The van der Waals surface area contributed by atoms with Crippen LogP contribution in [0.5, 0.6) is 11.5 Å². The second-order valence-electron chi connectivity index (χ2n) is 4.44. The minimum Gasteiger partial charge on any atom is -0.486 e. The van der Waals surface area contributed by atoms with Gasteiger partial charge in [0, 0.05) is 0 Å². The second kappa shape index (κ2) is 7.79. The minimum absolute atomic E-state index is 0.0333. The van der Waals surface area contributed by atoms with Crippen LogP contribution < -0.4 is 20.1 Å². The summed E-state index contributed by atoms with van der Waals surface area (Å²) in [6.45, 7) is -0.284. The van der Waals surface area contributed by atoms with Crippen LogP contribution in [0.2, 0.25) is 0 Å². The fourth-order valence-corrected chi connectivity index (χ4v) is 1.82. The van der Waals surface area contributed by atoms with E-state index >= 15 is 0 Å².